The van der Waals surface area contributed by atoms with Gasteiger partial charge in [0.2, 0.25) is 0 Å². The number of unbranched alkanes of at least 4 members (excludes halogenated alkanes) is 2. The van der Waals surface area contributed by atoms with Crippen molar-refractivity contribution < 1.29 is 14.3 Å². The van der Waals surface area contributed by atoms with Crippen molar-refractivity contribution >= 4 is 22.6 Å². The lowest BCUT2D eigenvalue weighted by molar-refractivity contribution is -0.124. The van der Waals surface area contributed by atoms with E-state index < -0.39 is 12.6 Å². The molecule has 1 heterocycles. The van der Waals surface area contributed by atoms with Crippen molar-refractivity contribution in [3.63, 3.8) is 0 Å². The Balaban J connectivity index is 1.85. The maximum absolute atomic E-state index is 12.8. The van der Waals surface area contributed by atoms with Crippen LogP contribution in [0.25, 0.3) is 16.5 Å². The SMILES string of the molecule is CCCCCNC(=O)COC(=O)c1nn(-c2ccccc2)c(=O)c2ccccc12. The molecule has 2 aromatic carbocycles. The van der Waals surface area contributed by atoms with Gasteiger partial charge in [-0.3, -0.25) is 9.59 Å². The first-order valence-corrected chi connectivity index (χ1v) is 9.63. The van der Waals surface area contributed by atoms with Crippen LogP contribution in [0.5, 0.6) is 0 Å². The van der Waals surface area contributed by atoms with E-state index in [1.54, 1.807) is 48.5 Å². The maximum atomic E-state index is 12.8. The molecule has 7 heteroatoms. The van der Waals surface area contributed by atoms with Crippen LogP contribution in [0.2, 0.25) is 0 Å². The number of nitrogens with one attached hydrogen (secondary N) is 1. The molecule has 1 aromatic heterocycles. The second kappa shape index (κ2) is 9.64. The lowest BCUT2D eigenvalue weighted by atomic mass is 10.1. The van der Waals surface area contributed by atoms with E-state index in [1.165, 1.54) is 4.68 Å². The third-order valence-electron chi connectivity index (χ3n) is 4.44. The van der Waals surface area contributed by atoms with Crippen molar-refractivity contribution in [1.82, 2.24) is 15.1 Å². The number of hydrogen-bond donors (Lipinski definition) is 1. The number of carbonyl (C=O) groups is 2. The van der Waals surface area contributed by atoms with Crippen LogP contribution >= 0.6 is 0 Å². The molecule has 0 aliphatic carbocycles. The van der Waals surface area contributed by atoms with Crippen LogP contribution < -0.4 is 10.9 Å². The van der Waals surface area contributed by atoms with Crippen LogP contribution in [0.15, 0.2) is 59.4 Å². The van der Waals surface area contributed by atoms with Gasteiger partial charge in [0.1, 0.15) is 0 Å². The number of esters is 1. The molecule has 0 aliphatic heterocycles. The molecule has 0 atom stereocenters. The first kappa shape index (κ1) is 20.3. The molecule has 7 nitrogen and oxygen atoms in total. The topological polar surface area (TPSA) is 90.3 Å². The maximum Gasteiger partial charge on any atom is 0.359 e. The van der Waals surface area contributed by atoms with Crippen LogP contribution in [-0.2, 0) is 9.53 Å². The predicted molar refractivity (Wildman–Crippen MR) is 110 cm³/mol. The molecule has 0 saturated carbocycles. The molecular formula is C22H23N3O4. The summed E-state index contributed by atoms with van der Waals surface area (Å²) < 4.78 is 6.33. The Bertz CT molecular complexity index is 1060. The van der Waals surface area contributed by atoms with Crippen molar-refractivity contribution in [3.8, 4) is 5.69 Å². The van der Waals surface area contributed by atoms with Crippen molar-refractivity contribution in [2.45, 2.75) is 26.2 Å². The number of nitrogens with zero attached hydrogens (tertiary/aromatic N) is 2. The lowest BCUT2D eigenvalue weighted by Gasteiger charge is -2.11. The summed E-state index contributed by atoms with van der Waals surface area (Å²) in [6.45, 7) is 2.23. The second-order valence-corrected chi connectivity index (χ2v) is 6.58. The minimum absolute atomic E-state index is 0.0113. The normalized spacial score (nSPS) is 10.7. The Kier molecular flexibility index (Phi) is 6.73. The van der Waals surface area contributed by atoms with Crippen molar-refractivity contribution in [2.75, 3.05) is 13.2 Å². The van der Waals surface area contributed by atoms with E-state index in [0.717, 1.165) is 19.3 Å². The third kappa shape index (κ3) is 4.87. The van der Waals surface area contributed by atoms with E-state index >= 15 is 0 Å². The van der Waals surface area contributed by atoms with Gasteiger partial charge in [-0.25, -0.2) is 4.79 Å². The number of rotatable bonds is 8. The molecule has 29 heavy (non-hydrogen) atoms. The summed E-state index contributed by atoms with van der Waals surface area (Å²) in [7, 11) is 0. The zero-order valence-corrected chi connectivity index (χ0v) is 16.3. The number of hydrogen-bond acceptors (Lipinski definition) is 5. The van der Waals surface area contributed by atoms with Crippen molar-refractivity contribution in [3.05, 3.63) is 70.6 Å². The van der Waals surface area contributed by atoms with Crippen molar-refractivity contribution in [1.29, 1.82) is 0 Å². The second-order valence-electron chi connectivity index (χ2n) is 6.58. The Morgan fingerprint density at radius 2 is 1.69 bits per heavy atom. The average molecular weight is 393 g/mol. The van der Waals surface area contributed by atoms with E-state index in [9.17, 15) is 14.4 Å². The third-order valence-corrected chi connectivity index (χ3v) is 4.44. The quantitative estimate of drug-likeness (QED) is 0.469. The molecule has 0 fully saturated rings. The molecule has 3 rings (SSSR count). The zero-order valence-electron chi connectivity index (χ0n) is 16.3. The summed E-state index contributed by atoms with van der Waals surface area (Å²) in [6.07, 6.45) is 2.96. The summed E-state index contributed by atoms with van der Waals surface area (Å²) >= 11 is 0. The minimum atomic E-state index is -0.755. The Morgan fingerprint density at radius 1 is 1.00 bits per heavy atom. The fourth-order valence-electron chi connectivity index (χ4n) is 2.94. The van der Waals surface area contributed by atoms with Crippen LogP contribution in [0.4, 0.5) is 0 Å². The van der Waals surface area contributed by atoms with Gasteiger partial charge in [-0.1, -0.05) is 56.2 Å². The Hall–Kier alpha value is -3.48. The number of carbonyl (C=O) groups excluding carboxylic acids is 2. The van der Waals surface area contributed by atoms with Gasteiger partial charge in [0.25, 0.3) is 11.5 Å². The highest BCUT2D eigenvalue weighted by Crippen LogP contribution is 2.16. The first-order valence-electron chi connectivity index (χ1n) is 9.63. The van der Waals surface area contributed by atoms with Gasteiger partial charge in [0.05, 0.1) is 11.1 Å². The van der Waals surface area contributed by atoms with Gasteiger partial charge in [0.15, 0.2) is 12.3 Å². The van der Waals surface area contributed by atoms with E-state index in [-0.39, 0.29) is 17.2 Å². The predicted octanol–water partition coefficient (Wildman–Crippen LogP) is 2.85. The van der Waals surface area contributed by atoms with Gasteiger partial charge in [0, 0.05) is 11.9 Å². The van der Waals surface area contributed by atoms with Gasteiger partial charge in [-0.05, 0) is 24.6 Å². The molecule has 0 saturated heterocycles. The van der Waals surface area contributed by atoms with Crippen LogP contribution in [0.3, 0.4) is 0 Å². The van der Waals surface area contributed by atoms with E-state index in [1.807, 2.05) is 6.07 Å². The standard InChI is InChI=1S/C22H23N3O4/c1-2-3-9-14-23-19(26)15-29-22(28)20-17-12-7-8-13-18(17)21(27)25(24-20)16-10-5-4-6-11-16/h4-8,10-13H,2-3,9,14-15H2,1H3,(H,23,26). The van der Waals surface area contributed by atoms with E-state index in [4.69, 9.17) is 4.74 Å². The number of aromatic nitrogens is 2. The average Bonchev–Trinajstić information content (AvgIpc) is 2.76. The highest BCUT2D eigenvalue weighted by molar-refractivity contribution is 6.02. The summed E-state index contributed by atoms with van der Waals surface area (Å²) in [4.78, 5) is 37.4. The molecule has 1 N–H and O–H groups in total. The lowest BCUT2D eigenvalue weighted by Crippen LogP contribution is -2.30. The van der Waals surface area contributed by atoms with E-state index in [2.05, 4.69) is 17.3 Å². The molecule has 3 aromatic rings. The highest BCUT2D eigenvalue weighted by Gasteiger charge is 2.19. The number of para-hydroxylation sites is 1. The molecule has 1 amide bonds. The summed E-state index contributed by atoms with van der Waals surface area (Å²) in [5.41, 5.74) is 0.186. The molecule has 0 unspecified atom stereocenters. The Morgan fingerprint density at radius 3 is 2.41 bits per heavy atom. The Labute approximate surface area is 168 Å². The number of amides is 1. The molecule has 0 spiro atoms. The summed E-state index contributed by atoms with van der Waals surface area (Å²) in [6, 6.07) is 15.5. The fourth-order valence-corrected chi connectivity index (χ4v) is 2.94. The molecule has 150 valence electrons. The largest absolute Gasteiger partial charge is 0.451 e. The summed E-state index contributed by atoms with van der Waals surface area (Å²) in [5.74, 6) is -1.12. The molecule has 0 bridgehead atoms. The van der Waals surface area contributed by atoms with Gasteiger partial charge < -0.3 is 10.1 Å². The molecular weight excluding hydrogens is 370 g/mol. The van der Waals surface area contributed by atoms with Gasteiger partial charge in [-0.15, -0.1) is 0 Å². The fraction of sp³-hybridized carbons (Fsp3) is 0.273. The zero-order chi connectivity index (χ0) is 20.6. The minimum Gasteiger partial charge on any atom is -0.451 e. The van der Waals surface area contributed by atoms with Crippen LogP contribution in [0, 0.1) is 0 Å². The smallest absolute Gasteiger partial charge is 0.359 e. The number of benzene rings is 2. The molecule has 0 aliphatic rings. The van der Waals surface area contributed by atoms with Crippen molar-refractivity contribution in [2.24, 2.45) is 0 Å². The van der Waals surface area contributed by atoms with Gasteiger partial charge in [-0.2, -0.15) is 9.78 Å². The monoisotopic (exact) mass is 393 g/mol. The number of fused-ring (bicyclic) bond motifs is 1. The van der Waals surface area contributed by atoms with E-state index in [0.29, 0.717) is 23.0 Å². The molecule has 0 radical (unpaired) electrons. The highest BCUT2D eigenvalue weighted by atomic mass is 16.5. The number of ether oxygens (including phenoxy) is 1. The summed E-state index contributed by atoms with van der Waals surface area (Å²) in [5, 5.41) is 7.69. The van der Waals surface area contributed by atoms with Crippen LogP contribution in [-0.4, -0.2) is 34.8 Å². The van der Waals surface area contributed by atoms with Crippen LogP contribution in [0.1, 0.15) is 36.7 Å². The van der Waals surface area contributed by atoms with Gasteiger partial charge >= 0.3 is 5.97 Å². The first-order chi connectivity index (χ1) is 14.1.